The number of amides is 1. The number of benzene rings is 1. The second kappa shape index (κ2) is 5.99. The van der Waals surface area contributed by atoms with Gasteiger partial charge in [-0.1, -0.05) is 11.6 Å². The predicted octanol–water partition coefficient (Wildman–Crippen LogP) is 1.32. The van der Waals surface area contributed by atoms with Crippen LogP contribution in [0, 0.1) is 0 Å². The Labute approximate surface area is 126 Å². The zero-order chi connectivity index (χ0) is 15.6. The topological polar surface area (TPSA) is 86.3 Å². The molecule has 0 atom stereocenters. The molecule has 110 valence electrons. The smallest absolute Gasteiger partial charge is 0.270 e. The zero-order valence-electron chi connectivity index (χ0n) is 11.5. The minimum atomic E-state index is -0.639. The number of aromatic nitrogens is 1. The van der Waals surface area contributed by atoms with Gasteiger partial charge in [0, 0.05) is 17.6 Å². The third kappa shape index (κ3) is 2.76. The number of pyridine rings is 1. The molecule has 0 bridgehead atoms. The number of carbonyl (C=O) groups is 1. The van der Waals surface area contributed by atoms with Crippen LogP contribution in [0.5, 0.6) is 5.75 Å². The van der Waals surface area contributed by atoms with Gasteiger partial charge in [0.1, 0.15) is 11.3 Å². The second-order valence-corrected chi connectivity index (χ2v) is 4.75. The molecule has 0 spiro atoms. The first-order chi connectivity index (χ1) is 9.99. The van der Waals surface area contributed by atoms with E-state index in [0.29, 0.717) is 22.0 Å². The number of nitrogens with one attached hydrogen (secondary N) is 1. The number of hydrazine groups is 1. The van der Waals surface area contributed by atoms with E-state index < -0.39 is 11.5 Å². The average Bonchev–Trinajstić information content (AvgIpc) is 2.49. The van der Waals surface area contributed by atoms with E-state index in [1.807, 2.05) is 5.43 Å². The van der Waals surface area contributed by atoms with Crippen molar-refractivity contribution < 1.29 is 9.53 Å². The number of nitrogens with zero attached hydrogens (tertiary/aromatic N) is 1. The summed E-state index contributed by atoms with van der Waals surface area (Å²) in [6, 6.07) is 8.15. The average molecular weight is 308 g/mol. The molecule has 2 rings (SSSR count). The van der Waals surface area contributed by atoms with Crippen LogP contribution in [0.2, 0.25) is 5.02 Å². The normalized spacial score (nSPS) is 10.3. The number of halogens is 1. The molecule has 3 N–H and O–H groups in total. The molecule has 0 saturated heterocycles. The Balaban J connectivity index is 2.67. The lowest BCUT2D eigenvalue weighted by Crippen LogP contribution is -2.36. The van der Waals surface area contributed by atoms with Crippen LogP contribution in [0.4, 0.5) is 0 Å². The molecule has 0 aliphatic carbocycles. The molecule has 1 amide bonds. The van der Waals surface area contributed by atoms with Gasteiger partial charge in [0.05, 0.1) is 12.8 Å². The molecule has 1 aromatic carbocycles. The monoisotopic (exact) mass is 307 g/mol. The van der Waals surface area contributed by atoms with Crippen molar-refractivity contribution in [1.82, 2.24) is 9.99 Å². The summed E-state index contributed by atoms with van der Waals surface area (Å²) >= 11 is 6.00. The number of ether oxygens (including phenoxy) is 1. The van der Waals surface area contributed by atoms with E-state index in [9.17, 15) is 9.59 Å². The van der Waals surface area contributed by atoms with Gasteiger partial charge in [0.15, 0.2) is 0 Å². The Morgan fingerprint density at radius 1 is 1.33 bits per heavy atom. The van der Waals surface area contributed by atoms with Crippen molar-refractivity contribution in [3.8, 4) is 17.0 Å². The van der Waals surface area contributed by atoms with Gasteiger partial charge in [-0.15, -0.1) is 0 Å². The van der Waals surface area contributed by atoms with Gasteiger partial charge in [-0.05, 0) is 30.3 Å². The summed E-state index contributed by atoms with van der Waals surface area (Å²) in [5.74, 6) is 4.99. The standard InChI is InChI=1S/C14H14ClN3O3/c1-18-11(5-4-9(14(18)20)13(19)17-16)10-7-8(15)3-6-12(10)21-2/h3-7H,16H2,1-2H3,(H,17,19). The molecule has 7 heteroatoms. The molecule has 0 aliphatic heterocycles. The highest BCUT2D eigenvalue weighted by atomic mass is 35.5. The van der Waals surface area contributed by atoms with Crippen LogP contribution < -0.4 is 21.6 Å². The lowest BCUT2D eigenvalue weighted by molar-refractivity contribution is 0.0951. The number of nitrogen functional groups attached to an aromatic ring is 1. The minimum Gasteiger partial charge on any atom is -0.496 e. The number of hydrogen-bond donors (Lipinski definition) is 2. The number of nitrogens with two attached hydrogens (primary N) is 1. The fraction of sp³-hybridized carbons (Fsp3) is 0.143. The summed E-state index contributed by atoms with van der Waals surface area (Å²) in [5.41, 5.74) is 2.68. The lowest BCUT2D eigenvalue weighted by atomic mass is 10.1. The third-order valence-electron chi connectivity index (χ3n) is 3.12. The maximum Gasteiger partial charge on any atom is 0.270 e. The maximum atomic E-state index is 12.2. The number of hydrogen-bond acceptors (Lipinski definition) is 4. The van der Waals surface area contributed by atoms with Gasteiger partial charge in [-0.3, -0.25) is 15.0 Å². The van der Waals surface area contributed by atoms with Crippen molar-refractivity contribution in [2.24, 2.45) is 12.9 Å². The molecule has 1 heterocycles. The Kier molecular flexibility index (Phi) is 4.30. The van der Waals surface area contributed by atoms with Gasteiger partial charge < -0.3 is 9.30 Å². The quantitative estimate of drug-likeness (QED) is 0.508. The first-order valence-corrected chi connectivity index (χ1v) is 6.42. The van der Waals surface area contributed by atoms with Gasteiger partial charge in [0.2, 0.25) is 0 Å². The fourth-order valence-electron chi connectivity index (χ4n) is 2.04. The number of carbonyl (C=O) groups excluding carboxylic acids is 1. The van der Waals surface area contributed by atoms with Crippen molar-refractivity contribution >= 4 is 17.5 Å². The van der Waals surface area contributed by atoms with E-state index in [-0.39, 0.29) is 5.56 Å². The van der Waals surface area contributed by atoms with Crippen LogP contribution in [0.15, 0.2) is 35.1 Å². The van der Waals surface area contributed by atoms with Crippen LogP contribution >= 0.6 is 11.6 Å². The highest BCUT2D eigenvalue weighted by Gasteiger charge is 2.15. The van der Waals surface area contributed by atoms with Crippen LogP contribution in [0.1, 0.15) is 10.4 Å². The first kappa shape index (κ1) is 15.1. The molecular formula is C14H14ClN3O3. The van der Waals surface area contributed by atoms with Crippen molar-refractivity contribution in [2.45, 2.75) is 0 Å². The van der Waals surface area contributed by atoms with Crippen LogP contribution in [-0.4, -0.2) is 17.6 Å². The van der Waals surface area contributed by atoms with Crippen LogP contribution in [-0.2, 0) is 7.05 Å². The minimum absolute atomic E-state index is 0.0373. The Hall–Kier alpha value is -2.31. The van der Waals surface area contributed by atoms with E-state index in [0.717, 1.165) is 0 Å². The molecular weight excluding hydrogens is 294 g/mol. The SMILES string of the molecule is COc1ccc(Cl)cc1-c1ccc(C(=O)NN)c(=O)n1C. The number of methoxy groups -OCH3 is 1. The van der Waals surface area contributed by atoms with Gasteiger partial charge >= 0.3 is 0 Å². The van der Waals surface area contributed by atoms with E-state index in [1.165, 1.54) is 17.7 Å². The highest BCUT2D eigenvalue weighted by Crippen LogP contribution is 2.31. The third-order valence-corrected chi connectivity index (χ3v) is 3.35. The van der Waals surface area contributed by atoms with Crippen molar-refractivity contribution in [3.05, 3.63) is 51.3 Å². The van der Waals surface area contributed by atoms with Gasteiger partial charge in [-0.2, -0.15) is 0 Å². The summed E-state index contributed by atoms with van der Waals surface area (Å²) in [4.78, 5) is 23.7. The van der Waals surface area contributed by atoms with Crippen LogP contribution in [0.3, 0.4) is 0 Å². The second-order valence-electron chi connectivity index (χ2n) is 4.31. The lowest BCUT2D eigenvalue weighted by Gasteiger charge is -2.13. The molecule has 0 unspecified atom stereocenters. The molecule has 2 aromatic rings. The molecule has 0 saturated carbocycles. The molecule has 0 aliphatic rings. The summed E-state index contributed by atoms with van der Waals surface area (Å²) < 4.78 is 6.62. The van der Waals surface area contributed by atoms with Crippen molar-refractivity contribution in [1.29, 1.82) is 0 Å². The predicted molar refractivity (Wildman–Crippen MR) is 80.3 cm³/mol. The van der Waals surface area contributed by atoms with E-state index in [2.05, 4.69) is 0 Å². The van der Waals surface area contributed by atoms with Gasteiger partial charge in [-0.25, -0.2) is 5.84 Å². The Morgan fingerprint density at radius 2 is 2.05 bits per heavy atom. The van der Waals surface area contributed by atoms with Crippen LogP contribution in [0.25, 0.3) is 11.3 Å². The van der Waals surface area contributed by atoms with E-state index in [4.69, 9.17) is 22.2 Å². The van der Waals surface area contributed by atoms with Gasteiger partial charge in [0.25, 0.3) is 11.5 Å². The molecule has 21 heavy (non-hydrogen) atoms. The van der Waals surface area contributed by atoms with E-state index >= 15 is 0 Å². The summed E-state index contributed by atoms with van der Waals surface area (Å²) in [6.45, 7) is 0. The fourth-order valence-corrected chi connectivity index (χ4v) is 2.21. The van der Waals surface area contributed by atoms with E-state index in [1.54, 1.807) is 31.3 Å². The molecule has 6 nitrogen and oxygen atoms in total. The first-order valence-electron chi connectivity index (χ1n) is 6.04. The zero-order valence-corrected chi connectivity index (χ0v) is 12.3. The largest absolute Gasteiger partial charge is 0.496 e. The Bertz CT molecular complexity index is 756. The molecule has 0 radical (unpaired) electrons. The summed E-state index contributed by atoms with van der Waals surface area (Å²) in [5, 5.41) is 0.516. The van der Waals surface area contributed by atoms with Crippen molar-refractivity contribution in [2.75, 3.05) is 7.11 Å². The highest BCUT2D eigenvalue weighted by molar-refractivity contribution is 6.31. The molecule has 0 fully saturated rings. The molecule has 1 aromatic heterocycles. The summed E-state index contributed by atoms with van der Waals surface area (Å²) in [7, 11) is 3.09. The van der Waals surface area contributed by atoms with Crippen molar-refractivity contribution in [3.63, 3.8) is 0 Å². The Morgan fingerprint density at radius 3 is 2.67 bits per heavy atom. The maximum absolute atomic E-state index is 12.2. The summed E-state index contributed by atoms with van der Waals surface area (Å²) in [6.07, 6.45) is 0. The number of rotatable bonds is 3.